The largest absolute Gasteiger partial charge is 0.250 e. The Kier molecular flexibility index (Phi) is 4.50. The molecule has 0 bridgehead atoms. The van der Waals surface area contributed by atoms with Crippen LogP contribution in [0.5, 0.6) is 0 Å². The van der Waals surface area contributed by atoms with Gasteiger partial charge in [-0.15, -0.1) is 11.3 Å². The zero-order valence-electron chi connectivity index (χ0n) is 9.34. The van der Waals surface area contributed by atoms with Crippen molar-refractivity contribution in [2.24, 2.45) is 0 Å². The summed E-state index contributed by atoms with van der Waals surface area (Å²) < 4.78 is 27.2. The van der Waals surface area contributed by atoms with Crippen molar-refractivity contribution >= 4 is 37.3 Å². The average Bonchev–Trinajstić information content (AvgIpc) is 2.82. The fourth-order valence-corrected chi connectivity index (χ4v) is 3.61. The molecule has 1 heterocycles. The molecular formula is C11H11BrN2O2S2. The predicted octanol–water partition coefficient (Wildman–Crippen LogP) is 2.43. The molecule has 4 nitrogen and oxygen atoms in total. The number of nitrogens with one attached hydrogen (secondary N) is 1. The van der Waals surface area contributed by atoms with E-state index >= 15 is 0 Å². The number of hydrogen-bond donors (Lipinski definition) is 1. The molecule has 0 fully saturated rings. The van der Waals surface area contributed by atoms with Gasteiger partial charge < -0.3 is 0 Å². The van der Waals surface area contributed by atoms with E-state index in [0.717, 1.165) is 10.2 Å². The molecule has 18 heavy (non-hydrogen) atoms. The van der Waals surface area contributed by atoms with Crippen molar-refractivity contribution in [3.63, 3.8) is 0 Å². The van der Waals surface area contributed by atoms with Gasteiger partial charge in [0.05, 0.1) is 16.1 Å². The summed E-state index contributed by atoms with van der Waals surface area (Å²) in [5.41, 5.74) is 2.63. The number of thiazole rings is 1. The molecular weight excluding hydrogens is 336 g/mol. The summed E-state index contributed by atoms with van der Waals surface area (Å²) in [5, 5.41) is 1.91. The van der Waals surface area contributed by atoms with Crippen molar-refractivity contribution in [3.8, 4) is 0 Å². The van der Waals surface area contributed by atoms with E-state index < -0.39 is 10.0 Å². The van der Waals surface area contributed by atoms with Gasteiger partial charge in [0.15, 0.2) is 0 Å². The zero-order valence-corrected chi connectivity index (χ0v) is 12.6. The van der Waals surface area contributed by atoms with E-state index in [4.69, 9.17) is 0 Å². The number of benzene rings is 1. The van der Waals surface area contributed by atoms with Crippen LogP contribution in [0.15, 0.2) is 44.5 Å². The summed E-state index contributed by atoms with van der Waals surface area (Å²) in [6.07, 6.45) is 0.594. The number of nitrogens with zero attached hydrogens (tertiary/aromatic N) is 1. The highest BCUT2D eigenvalue weighted by Crippen LogP contribution is 2.15. The third kappa shape index (κ3) is 3.61. The highest BCUT2D eigenvalue weighted by molar-refractivity contribution is 9.10. The molecule has 0 aliphatic rings. The van der Waals surface area contributed by atoms with Gasteiger partial charge in [0.25, 0.3) is 0 Å². The normalized spacial score (nSPS) is 11.6. The molecule has 0 aliphatic carbocycles. The molecule has 0 radical (unpaired) electrons. The van der Waals surface area contributed by atoms with Crippen LogP contribution in [0, 0.1) is 0 Å². The van der Waals surface area contributed by atoms with E-state index in [2.05, 4.69) is 25.6 Å². The summed E-state index contributed by atoms with van der Waals surface area (Å²) in [4.78, 5) is 4.36. The SMILES string of the molecule is O=S(=O)(NCCc1cscn1)c1cccc(Br)c1. The second-order valence-corrected chi connectivity index (χ2v) is 6.99. The van der Waals surface area contributed by atoms with Crippen LogP contribution in [0.3, 0.4) is 0 Å². The summed E-state index contributed by atoms with van der Waals surface area (Å²) >= 11 is 4.75. The number of sulfonamides is 1. The molecule has 0 unspecified atom stereocenters. The first-order chi connectivity index (χ1) is 8.58. The van der Waals surface area contributed by atoms with Gasteiger partial charge >= 0.3 is 0 Å². The van der Waals surface area contributed by atoms with Gasteiger partial charge in [-0.2, -0.15) is 0 Å². The fraction of sp³-hybridized carbons (Fsp3) is 0.182. The smallest absolute Gasteiger partial charge is 0.240 e. The number of aromatic nitrogens is 1. The summed E-state index contributed by atoms with van der Waals surface area (Å²) in [5.74, 6) is 0. The maximum absolute atomic E-state index is 12.0. The van der Waals surface area contributed by atoms with Crippen molar-refractivity contribution in [1.82, 2.24) is 9.71 Å². The Morgan fingerprint density at radius 3 is 2.89 bits per heavy atom. The van der Waals surface area contributed by atoms with E-state index in [-0.39, 0.29) is 4.90 Å². The quantitative estimate of drug-likeness (QED) is 0.904. The highest BCUT2D eigenvalue weighted by atomic mass is 79.9. The number of rotatable bonds is 5. The lowest BCUT2D eigenvalue weighted by molar-refractivity contribution is 0.581. The molecule has 1 aromatic heterocycles. The van der Waals surface area contributed by atoms with Crippen LogP contribution >= 0.6 is 27.3 Å². The third-order valence-electron chi connectivity index (χ3n) is 2.26. The Bertz CT molecular complexity index is 612. The van der Waals surface area contributed by atoms with E-state index in [1.54, 1.807) is 29.8 Å². The first-order valence-corrected chi connectivity index (χ1v) is 8.42. The summed E-state index contributed by atoms with van der Waals surface area (Å²) in [6.45, 7) is 0.346. The van der Waals surface area contributed by atoms with Crippen LogP contribution in [0.2, 0.25) is 0 Å². The molecule has 0 spiro atoms. The van der Waals surface area contributed by atoms with E-state index in [0.29, 0.717) is 13.0 Å². The van der Waals surface area contributed by atoms with Crippen molar-refractivity contribution in [3.05, 3.63) is 45.3 Å². The van der Waals surface area contributed by atoms with Gasteiger partial charge in [-0.1, -0.05) is 22.0 Å². The summed E-state index contributed by atoms with van der Waals surface area (Å²) in [7, 11) is -3.44. The van der Waals surface area contributed by atoms with Crippen LogP contribution in [0.25, 0.3) is 0 Å². The molecule has 7 heteroatoms. The zero-order chi connectivity index (χ0) is 13.0. The van der Waals surface area contributed by atoms with Crippen LogP contribution in [-0.4, -0.2) is 19.9 Å². The van der Waals surface area contributed by atoms with Crippen molar-refractivity contribution in [2.45, 2.75) is 11.3 Å². The topological polar surface area (TPSA) is 59.1 Å². The third-order valence-corrected chi connectivity index (χ3v) is 4.85. The Balaban J connectivity index is 1.99. The van der Waals surface area contributed by atoms with Crippen molar-refractivity contribution in [1.29, 1.82) is 0 Å². The maximum atomic E-state index is 12.0. The summed E-state index contributed by atoms with van der Waals surface area (Å²) in [6, 6.07) is 6.62. The Morgan fingerprint density at radius 2 is 2.22 bits per heavy atom. The van der Waals surface area contributed by atoms with E-state index in [1.165, 1.54) is 11.3 Å². The first kappa shape index (κ1) is 13.7. The van der Waals surface area contributed by atoms with Crippen LogP contribution in [0.1, 0.15) is 5.69 Å². The molecule has 2 rings (SSSR count). The monoisotopic (exact) mass is 346 g/mol. The first-order valence-electron chi connectivity index (χ1n) is 5.20. The van der Waals surface area contributed by atoms with E-state index in [1.807, 2.05) is 5.38 Å². The predicted molar refractivity (Wildman–Crippen MR) is 75.1 cm³/mol. The maximum Gasteiger partial charge on any atom is 0.240 e. The second kappa shape index (κ2) is 5.92. The lowest BCUT2D eigenvalue weighted by Gasteiger charge is -2.06. The Morgan fingerprint density at radius 1 is 1.39 bits per heavy atom. The minimum atomic E-state index is -3.44. The molecule has 1 aromatic carbocycles. The van der Waals surface area contributed by atoms with E-state index in [9.17, 15) is 8.42 Å². The van der Waals surface area contributed by atoms with Gasteiger partial charge in [0.2, 0.25) is 10.0 Å². The molecule has 0 amide bonds. The van der Waals surface area contributed by atoms with Crippen LogP contribution < -0.4 is 4.72 Å². The van der Waals surface area contributed by atoms with Crippen LogP contribution in [0.4, 0.5) is 0 Å². The molecule has 0 aliphatic heterocycles. The molecule has 0 saturated heterocycles. The minimum Gasteiger partial charge on any atom is -0.250 e. The minimum absolute atomic E-state index is 0.259. The van der Waals surface area contributed by atoms with Crippen LogP contribution in [-0.2, 0) is 16.4 Å². The van der Waals surface area contributed by atoms with Gasteiger partial charge in [0, 0.05) is 22.8 Å². The number of hydrogen-bond acceptors (Lipinski definition) is 4. The molecule has 96 valence electrons. The average molecular weight is 347 g/mol. The molecule has 2 aromatic rings. The number of halogens is 1. The van der Waals surface area contributed by atoms with Gasteiger partial charge in [0.1, 0.15) is 0 Å². The van der Waals surface area contributed by atoms with Gasteiger partial charge in [-0.3, -0.25) is 0 Å². The molecule has 0 atom stereocenters. The van der Waals surface area contributed by atoms with Gasteiger partial charge in [-0.05, 0) is 18.2 Å². The molecule has 1 N–H and O–H groups in total. The van der Waals surface area contributed by atoms with Gasteiger partial charge in [-0.25, -0.2) is 18.1 Å². The Labute approximate surface area is 118 Å². The highest BCUT2D eigenvalue weighted by Gasteiger charge is 2.13. The molecule has 0 saturated carbocycles. The lowest BCUT2D eigenvalue weighted by atomic mass is 10.3. The lowest BCUT2D eigenvalue weighted by Crippen LogP contribution is -2.26. The Hall–Kier alpha value is -0.760. The second-order valence-electron chi connectivity index (χ2n) is 3.58. The van der Waals surface area contributed by atoms with Crippen molar-refractivity contribution in [2.75, 3.05) is 6.54 Å². The van der Waals surface area contributed by atoms with Crippen molar-refractivity contribution < 1.29 is 8.42 Å². The standard InChI is InChI=1S/C11H11BrN2O2S2/c12-9-2-1-3-11(6-9)18(15,16)14-5-4-10-7-17-8-13-10/h1-3,6-8,14H,4-5H2. The fourth-order valence-electron chi connectivity index (χ4n) is 1.39.